The molecule has 1 fully saturated rings. The van der Waals surface area contributed by atoms with Crippen molar-refractivity contribution in [2.75, 3.05) is 19.6 Å². The zero-order chi connectivity index (χ0) is 18.5. The largest absolute Gasteiger partial charge is 0.481 e. The van der Waals surface area contributed by atoms with Crippen LogP contribution in [0, 0.1) is 25.7 Å². The first-order chi connectivity index (χ1) is 12.5. The number of carbonyl (C=O) groups is 1. The molecule has 1 aliphatic heterocycles. The molecule has 0 bridgehead atoms. The first-order valence-corrected chi connectivity index (χ1v) is 9.77. The number of piperidine rings is 1. The van der Waals surface area contributed by atoms with Crippen LogP contribution in [-0.2, 0) is 4.79 Å². The molecule has 138 valence electrons. The predicted octanol–water partition coefficient (Wildman–Crippen LogP) is 3.27. The van der Waals surface area contributed by atoms with E-state index in [0.29, 0.717) is 19.5 Å². The van der Waals surface area contributed by atoms with Crippen molar-refractivity contribution in [2.24, 2.45) is 16.9 Å². The highest BCUT2D eigenvalue weighted by molar-refractivity contribution is 7.12. The Labute approximate surface area is 158 Å². The number of nitrogens with one attached hydrogen (secondary N) is 2. The molecule has 0 spiro atoms. The third kappa shape index (κ3) is 4.51. The summed E-state index contributed by atoms with van der Waals surface area (Å²) in [6.07, 6.45) is 2.56. The van der Waals surface area contributed by atoms with E-state index in [1.54, 1.807) is 11.3 Å². The van der Waals surface area contributed by atoms with Gasteiger partial charge in [0.1, 0.15) is 0 Å². The number of carboxylic acids is 1. The molecule has 6 heteroatoms. The molecule has 0 radical (unpaired) electrons. The van der Waals surface area contributed by atoms with E-state index in [1.807, 2.05) is 6.21 Å². The minimum Gasteiger partial charge on any atom is -0.481 e. The molecule has 1 saturated heterocycles. The quantitative estimate of drug-likeness (QED) is 0.538. The van der Waals surface area contributed by atoms with Crippen LogP contribution in [0.1, 0.15) is 22.4 Å². The van der Waals surface area contributed by atoms with Gasteiger partial charge >= 0.3 is 5.97 Å². The van der Waals surface area contributed by atoms with Crippen molar-refractivity contribution < 1.29 is 9.90 Å². The van der Waals surface area contributed by atoms with Gasteiger partial charge in [0.15, 0.2) is 0 Å². The monoisotopic (exact) mass is 371 g/mol. The molecule has 1 aliphatic rings. The molecule has 26 heavy (non-hydrogen) atoms. The Morgan fingerprint density at radius 1 is 1.35 bits per heavy atom. The lowest BCUT2D eigenvalue weighted by Gasteiger charge is -2.27. The molecule has 0 unspecified atom stereocenters. The first-order valence-electron chi connectivity index (χ1n) is 8.89. The Bertz CT molecular complexity index is 800. The predicted molar refractivity (Wildman–Crippen MR) is 107 cm³/mol. The summed E-state index contributed by atoms with van der Waals surface area (Å²) in [5.41, 5.74) is 8.06. The van der Waals surface area contributed by atoms with Crippen LogP contribution < -0.4 is 10.7 Å². The van der Waals surface area contributed by atoms with Gasteiger partial charge in [-0.3, -0.25) is 4.79 Å². The van der Waals surface area contributed by atoms with E-state index >= 15 is 0 Å². The van der Waals surface area contributed by atoms with Crippen molar-refractivity contribution >= 4 is 23.5 Å². The van der Waals surface area contributed by atoms with E-state index in [0.717, 1.165) is 11.4 Å². The van der Waals surface area contributed by atoms with Gasteiger partial charge in [0.05, 0.1) is 17.0 Å². The molecular weight excluding hydrogens is 346 g/mol. The van der Waals surface area contributed by atoms with Crippen LogP contribution in [0.3, 0.4) is 0 Å². The smallest absolute Gasteiger partial charge is 0.307 e. The zero-order valence-corrected chi connectivity index (χ0v) is 16.0. The number of aryl methyl sites for hydroxylation is 2. The van der Waals surface area contributed by atoms with Crippen LogP contribution >= 0.6 is 11.3 Å². The average molecular weight is 372 g/mol. The second-order valence-electron chi connectivity index (χ2n) is 6.93. The van der Waals surface area contributed by atoms with Crippen LogP contribution in [0.5, 0.6) is 0 Å². The highest BCUT2D eigenvalue weighted by Crippen LogP contribution is 2.30. The van der Waals surface area contributed by atoms with Crippen LogP contribution in [-0.4, -0.2) is 36.9 Å². The summed E-state index contributed by atoms with van der Waals surface area (Å²) in [4.78, 5) is 12.2. The number of nitrogens with zero attached hydrogens (tertiary/aromatic N) is 1. The fraction of sp³-hybridized carbons (Fsp3) is 0.400. The summed E-state index contributed by atoms with van der Waals surface area (Å²) in [5.74, 6) is -0.737. The lowest BCUT2D eigenvalue weighted by Crippen LogP contribution is -2.42. The molecule has 0 aliphatic carbocycles. The molecule has 0 saturated carbocycles. The molecule has 1 aromatic carbocycles. The zero-order valence-electron chi connectivity index (χ0n) is 15.2. The van der Waals surface area contributed by atoms with E-state index < -0.39 is 5.97 Å². The van der Waals surface area contributed by atoms with Gasteiger partial charge in [-0.2, -0.15) is 5.10 Å². The Balaban J connectivity index is 1.60. The van der Waals surface area contributed by atoms with Crippen LogP contribution in [0.2, 0.25) is 0 Å². The summed E-state index contributed by atoms with van der Waals surface area (Å²) in [7, 11) is 0. The first kappa shape index (κ1) is 18.6. The minimum absolute atomic E-state index is 0.282. The molecule has 2 aromatic rings. The summed E-state index contributed by atoms with van der Waals surface area (Å²) < 4.78 is 0. The van der Waals surface area contributed by atoms with Gasteiger partial charge < -0.3 is 15.8 Å². The Morgan fingerprint density at radius 2 is 2.19 bits per heavy atom. The van der Waals surface area contributed by atoms with E-state index in [4.69, 9.17) is 5.11 Å². The highest BCUT2D eigenvalue weighted by Gasteiger charge is 2.26. The van der Waals surface area contributed by atoms with Crippen LogP contribution in [0.4, 0.5) is 0 Å². The third-order valence-corrected chi connectivity index (χ3v) is 5.66. The van der Waals surface area contributed by atoms with E-state index in [9.17, 15) is 4.79 Å². The summed E-state index contributed by atoms with van der Waals surface area (Å²) in [6.45, 7) is 6.31. The Hall–Kier alpha value is -2.18. The molecule has 1 aromatic heterocycles. The van der Waals surface area contributed by atoms with E-state index in [1.165, 1.54) is 22.3 Å². The topological polar surface area (TPSA) is 73.7 Å². The summed E-state index contributed by atoms with van der Waals surface area (Å²) in [5, 5.41) is 18.8. The van der Waals surface area contributed by atoms with Crippen LogP contribution in [0.25, 0.3) is 11.1 Å². The number of hydrogen-bond donors (Lipinski definition) is 3. The average Bonchev–Trinajstić information content (AvgIpc) is 3.07. The summed E-state index contributed by atoms with van der Waals surface area (Å²) >= 11 is 1.67. The SMILES string of the molecule is Cc1ccc(-c2ccsc2/C=N/NC[C@@H]2CNC[C@H](C(=O)O)C2)c(C)c1. The number of rotatable bonds is 6. The maximum atomic E-state index is 11.1. The molecule has 2 atom stereocenters. The maximum Gasteiger partial charge on any atom is 0.307 e. The molecule has 5 nitrogen and oxygen atoms in total. The van der Waals surface area contributed by atoms with Crippen molar-refractivity contribution in [2.45, 2.75) is 20.3 Å². The van der Waals surface area contributed by atoms with Gasteiger partial charge in [-0.25, -0.2) is 0 Å². The Morgan fingerprint density at radius 3 is 2.96 bits per heavy atom. The van der Waals surface area contributed by atoms with Crippen LogP contribution in [0.15, 0.2) is 34.7 Å². The van der Waals surface area contributed by atoms with Crippen molar-refractivity contribution in [3.63, 3.8) is 0 Å². The number of hydrogen-bond acceptors (Lipinski definition) is 5. The minimum atomic E-state index is -0.720. The molecule has 3 N–H and O–H groups in total. The lowest BCUT2D eigenvalue weighted by molar-refractivity contribution is -0.142. The maximum absolute atomic E-state index is 11.1. The number of thiophene rings is 1. The molecular formula is C20H25N3O2S. The van der Waals surface area contributed by atoms with Gasteiger partial charge in [-0.1, -0.05) is 23.8 Å². The number of aliphatic carboxylic acids is 1. The van der Waals surface area contributed by atoms with Gasteiger partial charge in [-0.15, -0.1) is 11.3 Å². The van der Waals surface area contributed by atoms with Crippen molar-refractivity contribution in [1.29, 1.82) is 0 Å². The van der Waals surface area contributed by atoms with Gasteiger partial charge in [0.25, 0.3) is 0 Å². The van der Waals surface area contributed by atoms with E-state index in [-0.39, 0.29) is 11.8 Å². The summed E-state index contributed by atoms with van der Waals surface area (Å²) in [6, 6.07) is 8.62. The number of hydrazone groups is 1. The number of benzene rings is 1. The standard InChI is InChI=1S/C20H25N3O2S/c1-13-3-4-17(14(2)7-13)18-5-6-26-19(18)12-23-22-10-15-8-16(20(24)25)11-21-9-15/h3-7,12,15-16,21-22H,8-11H2,1-2H3,(H,24,25)/b23-12+/t15-,16+/m0/s1. The van der Waals surface area contributed by atoms with Gasteiger partial charge in [0, 0.05) is 18.7 Å². The second-order valence-corrected chi connectivity index (χ2v) is 7.88. The van der Waals surface area contributed by atoms with Gasteiger partial charge in [0.2, 0.25) is 0 Å². The molecule has 2 heterocycles. The van der Waals surface area contributed by atoms with Crippen molar-refractivity contribution in [1.82, 2.24) is 10.7 Å². The van der Waals surface area contributed by atoms with Crippen molar-refractivity contribution in [3.8, 4) is 11.1 Å². The van der Waals surface area contributed by atoms with Gasteiger partial charge in [-0.05, 0) is 55.3 Å². The fourth-order valence-corrected chi connectivity index (χ4v) is 4.19. The van der Waals surface area contributed by atoms with E-state index in [2.05, 4.69) is 59.3 Å². The van der Waals surface area contributed by atoms with Crippen molar-refractivity contribution in [3.05, 3.63) is 45.6 Å². The highest BCUT2D eigenvalue weighted by atomic mass is 32.1. The second kappa shape index (κ2) is 8.47. The molecule has 0 amide bonds. The molecule has 3 rings (SSSR count). The lowest BCUT2D eigenvalue weighted by atomic mass is 9.91. The third-order valence-electron chi connectivity index (χ3n) is 4.81. The Kier molecular flexibility index (Phi) is 6.06. The normalized spacial score (nSPS) is 20.4. The number of carboxylic acid groups (broad SMARTS) is 1. The fourth-order valence-electron chi connectivity index (χ4n) is 3.42.